The summed E-state index contributed by atoms with van der Waals surface area (Å²) in [7, 11) is 1.89. The van der Waals surface area contributed by atoms with Gasteiger partial charge in [0.2, 0.25) is 5.91 Å². The smallest absolute Gasteiger partial charge is 0.242 e. The first-order valence-corrected chi connectivity index (χ1v) is 8.94. The molecule has 7 nitrogen and oxygen atoms in total. The molecule has 1 amide bonds. The Balaban J connectivity index is 0.00000364. The minimum absolute atomic E-state index is 0. The fourth-order valence-electron chi connectivity index (χ4n) is 2.51. The normalized spacial score (nSPS) is 10.9. The van der Waals surface area contributed by atoms with Gasteiger partial charge in [-0.15, -0.1) is 24.0 Å². The van der Waals surface area contributed by atoms with Crippen molar-refractivity contribution >= 4 is 35.8 Å². The van der Waals surface area contributed by atoms with Gasteiger partial charge in [0.25, 0.3) is 0 Å². The molecular formula is C19H29IN6O. The zero-order valence-electron chi connectivity index (χ0n) is 16.2. The Morgan fingerprint density at radius 1 is 1.19 bits per heavy atom. The molecule has 2 rings (SSSR count). The summed E-state index contributed by atoms with van der Waals surface area (Å²) < 4.78 is 1.79. The van der Waals surface area contributed by atoms with Crippen LogP contribution in [0.2, 0.25) is 0 Å². The van der Waals surface area contributed by atoms with Gasteiger partial charge >= 0.3 is 0 Å². The highest BCUT2D eigenvalue weighted by atomic mass is 127. The fourth-order valence-corrected chi connectivity index (χ4v) is 2.51. The lowest BCUT2D eigenvalue weighted by Crippen LogP contribution is -2.44. The zero-order valence-corrected chi connectivity index (χ0v) is 18.5. The van der Waals surface area contributed by atoms with E-state index in [1.54, 1.807) is 10.9 Å². The monoisotopic (exact) mass is 484 g/mol. The number of guanidine groups is 1. The minimum atomic E-state index is 0. The maximum Gasteiger partial charge on any atom is 0.242 e. The van der Waals surface area contributed by atoms with Gasteiger partial charge in [-0.2, -0.15) is 5.10 Å². The molecule has 2 aromatic rings. The molecule has 27 heavy (non-hydrogen) atoms. The van der Waals surface area contributed by atoms with Crippen molar-refractivity contribution in [1.29, 1.82) is 0 Å². The molecule has 0 radical (unpaired) electrons. The van der Waals surface area contributed by atoms with E-state index < -0.39 is 0 Å². The lowest BCUT2D eigenvalue weighted by Gasteiger charge is -2.22. The molecule has 0 spiro atoms. The number of aryl methyl sites for hydroxylation is 1. The molecule has 8 heteroatoms. The summed E-state index contributed by atoms with van der Waals surface area (Å²) in [5.41, 5.74) is 2.13. The molecular weight excluding hydrogens is 455 g/mol. The average Bonchev–Trinajstić information content (AvgIpc) is 3.07. The van der Waals surface area contributed by atoms with Crippen molar-refractivity contribution < 1.29 is 4.79 Å². The molecule has 2 N–H and O–H groups in total. The minimum Gasteiger partial charge on any atom is -0.357 e. The number of amides is 1. The van der Waals surface area contributed by atoms with E-state index >= 15 is 0 Å². The van der Waals surface area contributed by atoms with E-state index in [1.807, 2.05) is 62.2 Å². The van der Waals surface area contributed by atoms with Crippen molar-refractivity contribution in [2.45, 2.75) is 26.9 Å². The van der Waals surface area contributed by atoms with Crippen molar-refractivity contribution in [3.63, 3.8) is 0 Å². The summed E-state index contributed by atoms with van der Waals surface area (Å²) in [6, 6.07) is 11.9. The number of aromatic nitrogens is 2. The van der Waals surface area contributed by atoms with E-state index in [4.69, 9.17) is 0 Å². The van der Waals surface area contributed by atoms with Crippen molar-refractivity contribution in [3.05, 3.63) is 53.9 Å². The number of carbonyl (C=O) groups is 1. The molecule has 0 saturated carbocycles. The van der Waals surface area contributed by atoms with E-state index in [9.17, 15) is 4.79 Å². The van der Waals surface area contributed by atoms with Crippen LogP contribution in [0.15, 0.2) is 47.6 Å². The lowest BCUT2D eigenvalue weighted by molar-refractivity contribution is -0.130. The number of rotatable bonds is 8. The Bertz CT molecular complexity index is 716. The third kappa shape index (κ3) is 7.58. The summed E-state index contributed by atoms with van der Waals surface area (Å²) in [6.07, 6.45) is 1.75. The molecule has 1 heterocycles. The van der Waals surface area contributed by atoms with Gasteiger partial charge in [-0.25, -0.2) is 4.99 Å². The Hall–Kier alpha value is -2.10. The van der Waals surface area contributed by atoms with E-state index in [-0.39, 0.29) is 36.4 Å². The van der Waals surface area contributed by atoms with Crippen LogP contribution in [0.3, 0.4) is 0 Å². The van der Waals surface area contributed by atoms with Gasteiger partial charge < -0.3 is 15.5 Å². The van der Waals surface area contributed by atoms with Crippen LogP contribution in [0.4, 0.5) is 0 Å². The van der Waals surface area contributed by atoms with Crippen LogP contribution in [-0.2, 0) is 24.9 Å². The number of carbonyl (C=O) groups excluding carboxylic acids is 1. The lowest BCUT2D eigenvalue weighted by atomic mass is 10.2. The summed E-state index contributed by atoms with van der Waals surface area (Å²) >= 11 is 0. The zero-order chi connectivity index (χ0) is 18.8. The highest BCUT2D eigenvalue weighted by Crippen LogP contribution is 2.04. The highest BCUT2D eigenvalue weighted by Gasteiger charge is 2.12. The van der Waals surface area contributed by atoms with Crippen LogP contribution in [0.5, 0.6) is 0 Å². The van der Waals surface area contributed by atoms with Gasteiger partial charge in [0.15, 0.2) is 5.96 Å². The molecule has 1 aromatic heterocycles. The summed E-state index contributed by atoms with van der Waals surface area (Å²) in [6.45, 7) is 6.70. The molecule has 0 fully saturated rings. The summed E-state index contributed by atoms with van der Waals surface area (Å²) in [5.74, 6) is 0.667. The first kappa shape index (κ1) is 22.9. The topological polar surface area (TPSA) is 74.5 Å². The second-order valence-corrected chi connectivity index (χ2v) is 5.89. The van der Waals surface area contributed by atoms with Crippen molar-refractivity contribution in [2.24, 2.45) is 12.0 Å². The third-order valence-electron chi connectivity index (χ3n) is 4.02. The Labute approximate surface area is 178 Å². The van der Waals surface area contributed by atoms with Crippen molar-refractivity contribution in [1.82, 2.24) is 25.3 Å². The quantitative estimate of drug-likeness (QED) is 0.342. The number of nitrogens with zero attached hydrogens (tertiary/aromatic N) is 4. The van der Waals surface area contributed by atoms with Crippen LogP contribution in [0.25, 0.3) is 0 Å². The molecule has 0 bridgehead atoms. The summed E-state index contributed by atoms with van der Waals surface area (Å²) in [4.78, 5) is 18.9. The Morgan fingerprint density at radius 2 is 1.93 bits per heavy atom. The van der Waals surface area contributed by atoms with Gasteiger partial charge in [0.1, 0.15) is 0 Å². The molecule has 0 aliphatic heterocycles. The van der Waals surface area contributed by atoms with Crippen molar-refractivity contribution in [3.8, 4) is 0 Å². The summed E-state index contributed by atoms with van der Waals surface area (Å²) in [5, 5.41) is 10.4. The van der Waals surface area contributed by atoms with E-state index in [1.165, 1.54) is 0 Å². The van der Waals surface area contributed by atoms with Gasteiger partial charge in [0, 0.05) is 32.9 Å². The van der Waals surface area contributed by atoms with Crippen molar-refractivity contribution in [2.75, 3.05) is 19.6 Å². The molecule has 1 aromatic carbocycles. The third-order valence-corrected chi connectivity index (χ3v) is 4.02. The van der Waals surface area contributed by atoms with Gasteiger partial charge in [-0.05, 0) is 25.5 Å². The number of likely N-dealkylation sites (N-methyl/N-ethyl adjacent to an activating group) is 1. The van der Waals surface area contributed by atoms with Crippen LogP contribution in [-0.4, -0.2) is 46.2 Å². The van der Waals surface area contributed by atoms with Crippen LogP contribution < -0.4 is 10.6 Å². The van der Waals surface area contributed by atoms with Crippen LogP contribution in [0, 0.1) is 0 Å². The van der Waals surface area contributed by atoms with Crippen LogP contribution >= 0.6 is 24.0 Å². The molecule has 0 atom stereocenters. The standard InChI is InChI=1S/C19H28N6O.HI/c1-4-20-19(21-13-17-11-12-23-24(17)3)22-14-18(26)25(5-2)15-16-9-7-6-8-10-16;/h6-12H,4-5,13-15H2,1-3H3,(H2,20,21,22);1H. The van der Waals surface area contributed by atoms with Gasteiger partial charge in [0.05, 0.1) is 18.8 Å². The van der Waals surface area contributed by atoms with Gasteiger partial charge in [-0.1, -0.05) is 30.3 Å². The number of nitrogens with one attached hydrogen (secondary N) is 2. The molecule has 0 unspecified atom stereocenters. The maximum absolute atomic E-state index is 12.5. The first-order chi connectivity index (χ1) is 12.6. The number of hydrogen-bond acceptors (Lipinski definition) is 3. The highest BCUT2D eigenvalue weighted by molar-refractivity contribution is 14.0. The van der Waals surface area contributed by atoms with E-state index in [2.05, 4.69) is 20.7 Å². The average molecular weight is 484 g/mol. The largest absolute Gasteiger partial charge is 0.357 e. The molecule has 0 saturated heterocycles. The molecule has 0 aliphatic rings. The Morgan fingerprint density at radius 3 is 2.52 bits per heavy atom. The van der Waals surface area contributed by atoms with E-state index in [0.29, 0.717) is 25.6 Å². The van der Waals surface area contributed by atoms with Gasteiger partial charge in [-0.3, -0.25) is 9.48 Å². The SMILES string of the molecule is CCNC(=NCc1ccnn1C)NCC(=O)N(CC)Cc1ccccc1.I. The number of aliphatic imine (C=N–C) groups is 1. The predicted molar refractivity (Wildman–Crippen MR) is 119 cm³/mol. The number of benzene rings is 1. The number of halogens is 1. The first-order valence-electron chi connectivity index (χ1n) is 8.94. The van der Waals surface area contributed by atoms with Crippen LogP contribution in [0.1, 0.15) is 25.1 Å². The maximum atomic E-state index is 12.5. The van der Waals surface area contributed by atoms with E-state index in [0.717, 1.165) is 17.8 Å². The number of hydrogen-bond donors (Lipinski definition) is 2. The molecule has 148 valence electrons. The predicted octanol–water partition coefficient (Wildman–Crippen LogP) is 2.14. The Kier molecular flexibility index (Phi) is 10.5. The second kappa shape index (κ2) is 12.3. The molecule has 0 aliphatic carbocycles. The second-order valence-electron chi connectivity index (χ2n) is 5.89. The fraction of sp³-hybridized carbons (Fsp3) is 0.421.